The second-order valence-electron chi connectivity index (χ2n) is 8.45. The van der Waals surface area contributed by atoms with Gasteiger partial charge in [0.2, 0.25) is 22.1 Å². The lowest BCUT2D eigenvalue weighted by Gasteiger charge is -2.33. The van der Waals surface area contributed by atoms with Gasteiger partial charge in [0, 0.05) is 26.1 Å². The predicted molar refractivity (Wildman–Crippen MR) is 117 cm³/mol. The van der Waals surface area contributed by atoms with E-state index in [1.54, 1.807) is 4.90 Å². The molecule has 0 unspecified atom stereocenters. The molecule has 0 saturated carbocycles. The standard InChI is InChI=1S/C22H27N5O2S/c28-19-11-5-13-27(19)22-25-24-21(30-22)26-12-4-8-16(14-26)20(29)23-18-10-3-7-15-6-1-2-9-17(15)18/h1-2,6,9,16,18H,3-5,7-8,10-14H2,(H,23,29)/t16-,18-/m0/s1. The first-order valence-corrected chi connectivity index (χ1v) is 11.8. The summed E-state index contributed by atoms with van der Waals surface area (Å²) in [5, 5.41) is 13.4. The van der Waals surface area contributed by atoms with E-state index in [2.05, 4.69) is 44.7 Å². The number of nitrogens with zero attached hydrogens (tertiary/aromatic N) is 4. The fourth-order valence-electron chi connectivity index (χ4n) is 4.85. The second kappa shape index (κ2) is 8.34. The highest BCUT2D eigenvalue weighted by Crippen LogP contribution is 2.33. The van der Waals surface area contributed by atoms with E-state index in [9.17, 15) is 9.59 Å². The minimum Gasteiger partial charge on any atom is -0.349 e. The molecular weight excluding hydrogens is 398 g/mol. The Morgan fingerprint density at radius 3 is 2.77 bits per heavy atom. The lowest BCUT2D eigenvalue weighted by atomic mass is 9.87. The van der Waals surface area contributed by atoms with Crippen LogP contribution in [0, 0.1) is 5.92 Å². The van der Waals surface area contributed by atoms with Crippen molar-refractivity contribution >= 4 is 33.4 Å². The molecule has 1 aromatic carbocycles. The summed E-state index contributed by atoms with van der Waals surface area (Å²) < 4.78 is 0. The summed E-state index contributed by atoms with van der Waals surface area (Å²) in [5.74, 6) is 0.218. The molecule has 0 radical (unpaired) electrons. The van der Waals surface area contributed by atoms with Gasteiger partial charge in [-0.25, -0.2) is 0 Å². The number of aromatic nitrogens is 2. The molecule has 0 bridgehead atoms. The molecule has 2 atom stereocenters. The van der Waals surface area contributed by atoms with Gasteiger partial charge in [0.25, 0.3) is 0 Å². The molecule has 1 aromatic heterocycles. The molecule has 2 fully saturated rings. The highest BCUT2D eigenvalue weighted by atomic mass is 32.1. The number of nitrogens with one attached hydrogen (secondary N) is 1. The number of anilines is 2. The number of hydrogen-bond donors (Lipinski definition) is 1. The molecule has 8 heteroatoms. The van der Waals surface area contributed by atoms with Crippen molar-refractivity contribution in [1.82, 2.24) is 15.5 Å². The van der Waals surface area contributed by atoms with Gasteiger partial charge in [0.1, 0.15) is 0 Å². The molecule has 1 N–H and O–H groups in total. The molecule has 2 aliphatic heterocycles. The number of piperidine rings is 1. The number of benzene rings is 1. The summed E-state index contributed by atoms with van der Waals surface area (Å²) in [6.45, 7) is 2.25. The maximum atomic E-state index is 13.1. The minimum absolute atomic E-state index is 0.0476. The van der Waals surface area contributed by atoms with Gasteiger partial charge in [-0.15, -0.1) is 10.2 Å². The molecule has 158 valence electrons. The van der Waals surface area contributed by atoms with Gasteiger partial charge in [0.05, 0.1) is 12.0 Å². The molecule has 7 nitrogen and oxygen atoms in total. The largest absolute Gasteiger partial charge is 0.349 e. The van der Waals surface area contributed by atoms with Gasteiger partial charge in [-0.3, -0.25) is 14.5 Å². The van der Waals surface area contributed by atoms with Crippen molar-refractivity contribution < 1.29 is 9.59 Å². The molecule has 2 amide bonds. The predicted octanol–water partition coefficient (Wildman–Crippen LogP) is 3.08. The average Bonchev–Trinajstić information content (AvgIpc) is 3.43. The third-order valence-electron chi connectivity index (χ3n) is 6.46. The first kappa shape index (κ1) is 19.5. The Morgan fingerprint density at radius 2 is 1.90 bits per heavy atom. The van der Waals surface area contributed by atoms with Crippen molar-refractivity contribution in [2.45, 2.75) is 51.0 Å². The van der Waals surface area contributed by atoms with Crippen LogP contribution in [0.1, 0.15) is 55.7 Å². The first-order chi connectivity index (χ1) is 14.7. The fourth-order valence-corrected chi connectivity index (χ4v) is 5.78. The number of carbonyl (C=O) groups is 2. The summed E-state index contributed by atoms with van der Waals surface area (Å²) in [7, 11) is 0. The molecule has 30 heavy (non-hydrogen) atoms. The SMILES string of the molecule is O=C(N[C@H]1CCCc2ccccc21)[C@H]1CCCN(c2nnc(N3CCCC3=O)s2)C1. The highest BCUT2D eigenvalue weighted by molar-refractivity contribution is 7.19. The fraction of sp³-hybridized carbons (Fsp3) is 0.545. The minimum atomic E-state index is -0.0476. The van der Waals surface area contributed by atoms with E-state index >= 15 is 0 Å². The molecule has 3 aliphatic rings. The van der Waals surface area contributed by atoms with Gasteiger partial charge in [0.15, 0.2) is 0 Å². The first-order valence-electron chi connectivity index (χ1n) is 11.0. The highest BCUT2D eigenvalue weighted by Gasteiger charge is 2.31. The van der Waals surface area contributed by atoms with E-state index in [-0.39, 0.29) is 23.8 Å². The number of fused-ring (bicyclic) bond motifs is 1. The van der Waals surface area contributed by atoms with Crippen LogP contribution in [0.5, 0.6) is 0 Å². The van der Waals surface area contributed by atoms with Crippen molar-refractivity contribution in [1.29, 1.82) is 0 Å². The molecule has 2 aromatic rings. The van der Waals surface area contributed by atoms with E-state index in [1.165, 1.54) is 22.5 Å². The Hall–Kier alpha value is -2.48. The zero-order valence-corrected chi connectivity index (χ0v) is 17.9. The average molecular weight is 426 g/mol. The lowest BCUT2D eigenvalue weighted by molar-refractivity contribution is -0.126. The van der Waals surface area contributed by atoms with Crippen molar-refractivity contribution in [3.63, 3.8) is 0 Å². The summed E-state index contributed by atoms with van der Waals surface area (Å²) in [5.41, 5.74) is 2.63. The Labute approximate surface area is 180 Å². The van der Waals surface area contributed by atoms with E-state index in [0.717, 1.165) is 56.7 Å². The maximum absolute atomic E-state index is 13.1. The second-order valence-corrected chi connectivity index (χ2v) is 9.39. The van der Waals surface area contributed by atoms with E-state index in [4.69, 9.17) is 0 Å². The van der Waals surface area contributed by atoms with Gasteiger partial charge < -0.3 is 10.2 Å². The van der Waals surface area contributed by atoms with Gasteiger partial charge >= 0.3 is 0 Å². The van der Waals surface area contributed by atoms with Crippen LogP contribution in [-0.4, -0.2) is 41.6 Å². The van der Waals surface area contributed by atoms with Crippen LogP contribution in [0.4, 0.5) is 10.3 Å². The Balaban J connectivity index is 1.24. The monoisotopic (exact) mass is 425 g/mol. The van der Waals surface area contributed by atoms with Crippen molar-refractivity contribution in [2.24, 2.45) is 5.92 Å². The van der Waals surface area contributed by atoms with Gasteiger partial charge in [-0.05, 0) is 49.7 Å². The molecule has 0 spiro atoms. The summed E-state index contributed by atoms with van der Waals surface area (Å²) in [4.78, 5) is 29.0. The quantitative estimate of drug-likeness (QED) is 0.815. The van der Waals surface area contributed by atoms with Crippen LogP contribution < -0.4 is 15.1 Å². The topological polar surface area (TPSA) is 78.4 Å². The summed E-state index contributed by atoms with van der Waals surface area (Å²) in [6, 6.07) is 8.58. The number of carbonyl (C=O) groups excluding carboxylic acids is 2. The van der Waals surface area contributed by atoms with Crippen LogP contribution >= 0.6 is 11.3 Å². The third-order valence-corrected chi connectivity index (χ3v) is 7.46. The summed E-state index contributed by atoms with van der Waals surface area (Å²) >= 11 is 1.46. The van der Waals surface area contributed by atoms with E-state index in [0.29, 0.717) is 18.1 Å². The number of amides is 2. The Morgan fingerprint density at radius 1 is 1.03 bits per heavy atom. The molecule has 5 rings (SSSR count). The third kappa shape index (κ3) is 3.80. The Bertz CT molecular complexity index is 945. The van der Waals surface area contributed by atoms with E-state index in [1.807, 2.05) is 0 Å². The number of hydrogen-bond acceptors (Lipinski definition) is 6. The van der Waals surface area contributed by atoms with Crippen LogP contribution in [0.3, 0.4) is 0 Å². The zero-order chi connectivity index (χ0) is 20.5. The number of aryl methyl sites for hydroxylation is 1. The van der Waals surface area contributed by atoms with Gasteiger partial charge in [-0.2, -0.15) is 0 Å². The zero-order valence-electron chi connectivity index (χ0n) is 17.0. The molecule has 2 saturated heterocycles. The van der Waals surface area contributed by atoms with Crippen LogP contribution in [-0.2, 0) is 16.0 Å². The van der Waals surface area contributed by atoms with E-state index < -0.39 is 0 Å². The normalized spacial score (nSPS) is 24.1. The van der Waals surface area contributed by atoms with Crippen molar-refractivity contribution in [2.75, 3.05) is 29.4 Å². The smallest absolute Gasteiger partial charge is 0.228 e. The van der Waals surface area contributed by atoms with Gasteiger partial charge in [-0.1, -0.05) is 35.6 Å². The van der Waals surface area contributed by atoms with Crippen LogP contribution in [0.25, 0.3) is 0 Å². The lowest BCUT2D eigenvalue weighted by Crippen LogP contribution is -2.44. The van der Waals surface area contributed by atoms with Crippen molar-refractivity contribution in [3.05, 3.63) is 35.4 Å². The molecule has 1 aliphatic carbocycles. The molecular formula is C22H27N5O2S. The number of rotatable bonds is 4. The maximum Gasteiger partial charge on any atom is 0.228 e. The Kier molecular flexibility index (Phi) is 5.41. The van der Waals surface area contributed by atoms with Crippen LogP contribution in [0.15, 0.2) is 24.3 Å². The summed E-state index contributed by atoms with van der Waals surface area (Å²) in [6.07, 6.45) is 6.53. The van der Waals surface area contributed by atoms with Crippen LogP contribution in [0.2, 0.25) is 0 Å². The molecule has 3 heterocycles. The van der Waals surface area contributed by atoms with Crippen molar-refractivity contribution in [3.8, 4) is 0 Å².